The number of thiophene rings is 1. The van der Waals surface area contributed by atoms with Gasteiger partial charge in [0.2, 0.25) is 5.95 Å². The molecule has 3 aromatic heterocycles. The minimum atomic E-state index is -0.301. The number of anilines is 1. The summed E-state index contributed by atoms with van der Waals surface area (Å²) in [7, 11) is 0. The van der Waals surface area contributed by atoms with Crippen LogP contribution in [0.5, 0.6) is 0 Å². The number of fused-ring (bicyclic) bond motifs is 1. The Hall–Kier alpha value is -4.40. The van der Waals surface area contributed by atoms with Gasteiger partial charge in [-0.3, -0.25) is 14.9 Å². The molecule has 0 saturated carbocycles. The van der Waals surface area contributed by atoms with Gasteiger partial charge < -0.3 is 14.8 Å². The molecule has 11 heteroatoms. The SMILES string of the molecule is CC(C)CNCc1ccc2c(c1)nc(NC(=O)c1ccc(-c3cccnn3)s1)n2C[C@H]1CCCN1C(=O)/C(C#N)=C/C(C)(C)C. The molecule has 4 heterocycles. The molecule has 10 nitrogen and oxygen atoms in total. The Balaban J connectivity index is 1.45. The summed E-state index contributed by atoms with van der Waals surface area (Å²) in [6, 6.07) is 15.4. The Labute approximate surface area is 268 Å². The van der Waals surface area contributed by atoms with Crippen LogP contribution in [0.15, 0.2) is 60.3 Å². The van der Waals surface area contributed by atoms with Gasteiger partial charge in [-0.15, -0.1) is 16.4 Å². The number of nitrogens with zero attached hydrogens (tertiary/aromatic N) is 6. The number of rotatable bonds is 10. The Morgan fingerprint density at radius 2 is 2.02 bits per heavy atom. The number of likely N-dealkylation sites (tertiary alicyclic amines) is 1. The van der Waals surface area contributed by atoms with Crippen molar-refractivity contribution in [3.63, 3.8) is 0 Å². The van der Waals surface area contributed by atoms with E-state index in [1.807, 2.05) is 55.7 Å². The van der Waals surface area contributed by atoms with E-state index in [1.165, 1.54) is 11.3 Å². The zero-order valence-electron chi connectivity index (χ0n) is 26.5. The number of imidazole rings is 1. The molecule has 0 aliphatic carbocycles. The average Bonchev–Trinajstić information content (AvgIpc) is 3.75. The van der Waals surface area contributed by atoms with E-state index in [0.29, 0.717) is 42.1 Å². The molecule has 0 unspecified atom stereocenters. The molecule has 5 rings (SSSR count). The lowest BCUT2D eigenvalue weighted by Gasteiger charge is -2.26. The van der Waals surface area contributed by atoms with Gasteiger partial charge in [-0.25, -0.2) is 4.98 Å². The Kier molecular flexibility index (Phi) is 9.75. The summed E-state index contributed by atoms with van der Waals surface area (Å²) >= 11 is 1.34. The molecule has 0 radical (unpaired) electrons. The number of nitriles is 1. The monoisotopic (exact) mass is 624 g/mol. The number of amides is 2. The van der Waals surface area contributed by atoms with Crippen LogP contribution in [0.4, 0.5) is 5.95 Å². The molecule has 0 bridgehead atoms. The highest BCUT2D eigenvalue weighted by Crippen LogP contribution is 2.30. The first kappa shape index (κ1) is 32.0. The van der Waals surface area contributed by atoms with Crippen LogP contribution in [-0.2, 0) is 17.9 Å². The Bertz CT molecular complexity index is 1740. The van der Waals surface area contributed by atoms with Crippen LogP contribution >= 0.6 is 11.3 Å². The first-order valence-corrected chi connectivity index (χ1v) is 16.2. The molecule has 1 atom stereocenters. The molecule has 1 fully saturated rings. The van der Waals surface area contributed by atoms with E-state index in [4.69, 9.17) is 4.98 Å². The molecule has 1 aliphatic heterocycles. The molecule has 4 aromatic rings. The fourth-order valence-corrected chi connectivity index (χ4v) is 6.36. The van der Waals surface area contributed by atoms with Crippen LogP contribution in [0.1, 0.15) is 62.7 Å². The number of allylic oxidation sites excluding steroid dienone is 1. The lowest BCUT2D eigenvalue weighted by Crippen LogP contribution is -2.39. The third-order valence-electron chi connectivity index (χ3n) is 7.53. The number of benzene rings is 1. The predicted molar refractivity (Wildman–Crippen MR) is 177 cm³/mol. The number of aromatic nitrogens is 4. The van der Waals surface area contributed by atoms with Crippen molar-refractivity contribution in [2.45, 2.75) is 66.6 Å². The Morgan fingerprint density at radius 3 is 2.73 bits per heavy atom. The number of hydrogen-bond donors (Lipinski definition) is 2. The fourth-order valence-electron chi connectivity index (χ4n) is 5.50. The standard InChI is InChI=1S/C34H40N8O2S/c1-22(2)19-36-20-23-10-11-28-27(16-23)38-33(39-31(43)30-13-12-29(45-30)26-9-6-14-37-40-26)42(28)21-25-8-7-15-41(25)32(44)24(18-35)17-34(3,4)5/h6,9-14,16-17,22,25,36H,7-8,15,19-21H2,1-5H3,(H,38,39,43)/b24-17+/t25-/m1/s1. The van der Waals surface area contributed by atoms with Crippen molar-refractivity contribution in [2.75, 3.05) is 18.4 Å². The lowest BCUT2D eigenvalue weighted by atomic mass is 9.93. The normalized spacial score (nSPS) is 15.5. The number of nitrogens with one attached hydrogen (secondary N) is 2. The quantitative estimate of drug-likeness (QED) is 0.163. The highest BCUT2D eigenvalue weighted by molar-refractivity contribution is 7.17. The van der Waals surface area contributed by atoms with E-state index in [2.05, 4.69) is 46.8 Å². The van der Waals surface area contributed by atoms with E-state index in [-0.39, 0.29) is 28.8 Å². The van der Waals surface area contributed by atoms with E-state index >= 15 is 0 Å². The molecule has 45 heavy (non-hydrogen) atoms. The maximum atomic E-state index is 13.5. The molecule has 1 aliphatic rings. The van der Waals surface area contributed by atoms with E-state index < -0.39 is 0 Å². The molecule has 234 valence electrons. The van der Waals surface area contributed by atoms with Crippen molar-refractivity contribution in [1.82, 2.24) is 30.0 Å². The first-order chi connectivity index (χ1) is 21.5. The number of carbonyl (C=O) groups excluding carboxylic acids is 2. The van der Waals surface area contributed by atoms with Crippen LogP contribution in [-0.4, -0.2) is 55.6 Å². The second-order valence-corrected chi connectivity index (χ2v) is 14.0. The van der Waals surface area contributed by atoms with Gasteiger partial charge in [0.1, 0.15) is 17.3 Å². The highest BCUT2D eigenvalue weighted by Gasteiger charge is 2.32. The van der Waals surface area contributed by atoms with Gasteiger partial charge in [-0.2, -0.15) is 10.4 Å². The maximum Gasteiger partial charge on any atom is 0.268 e. The topological polar surface area (TPSA) is 129 Å². The minimum Gasteiger partial charge on any atom is -0.333 e. The molecule has 1 saturated heterocycles. The zero-order chi connectivity index (χ0) is 32.1. The summed E-state index contributed by atoms with van der Waals surface area (Å²) in [5, 5.41) is 24.4. The van der Waals surface area contributed by atoms with Crippen molar-refractivity contribution in [2.24, 2.45) is 11.3 Å². The summed E-state index contributed by atoms with van der Waals surface area (Å²) < 4.78 is 1.99. The summed E-state index contributed by atoms with van der Waals surface area (Å²) in [4.78, 5) is 35.1. The van der Waals surface area contributed by atoms with Gasteiger partial charge in [-0.05, 0) is 72.7 Å². The number of carbonyl (C=O) groups is 2. The van der Waals surface area contributed by atoms with Crippen molar-refractivity contribution in [3.8, 4) is 16.6 Å². The molecule has 2 amide bonds. The van der Waals surface area contributed by atoms with Crippen molar-refractivity contribution >= 4 is 40.1 Å². The third kappa shape index (κ3) is 7.82. The summed E-state index contributed by atoms with van der Waals surface area (Å²) in [5.74, 6) is 0.434. The molecular formula is C34H40N8O2S. The molecule has 2 N–H and O–H groups in total. The van der Waals surface area contributed by atoms with Crippen molar-refractivity contribution < 1.29 is 9.59 Å². The minimum absolute atomic E-state index is 0.153. The number of hydrogen-bond acceptors (Lipinski definition) is 8. The molecule has 1 aromatic carbocycles. The van der Waals surface area contributed by atoms with Gasteiger partial charge in [0.05, 0.1) is 26.8 Å². The second-order valence-electron chi connectivity index (χ2n) is 13.0. The summed E-state index contributed by atoms with van der Waals surface area (Å²) in [6.07, 6.45) is 4.98. The van der Waals surface area contributed by atoms with Gasteiger partial charge in [-0.1, -0.05) is 46.8 Å². The van der Waals surface area contributed by atoms with Crippen molar-refractivity contribution in [3.05, 3.63) is 70.8 Å². The third-order valence-corrected chi connectivity index (χ3v) is 8.64. The largest absolute Gasteiger partial charge is 0.333 e. The fraction of sp³-hybridized carbons (Fsp3) is 0.412. The maximum absolute atomic E-state index is 13.5. The summed E-state index contributed by atoms with van der Waals surface area (Å²) in [5.41, 5.74) is 3.30. The Morgan fingerprint density at radius 1 is 1.20 bits per heavy atom. The van der Waals surface area contributed by atoms with Gasteiger partial charge in [0, 0.05) is 25.8 Å². The highest BCUT2D eigenvalue weighted by atomic mass is 32.1. The van der Waals surface area contributed by atoms with Crippen LogP contribution in [0.3, 0.4) is 0 Å². The van der Waals surface area contributed by atoms with E-state index in [0.717, 1.165) is 40.9 Å². The van der Waals surface area contributed by atoms with Gasteiger partial charge >= 0.3 is 0 Å². The summed E-state index contributed by atoms with van der Waals surface area (Å²) in [6.45, 7) is 12.9. The zero-order valence-corrected chi connectivity index (χ0v) is 27.3. The van der Waals surface area contributed by atoms with Crippen LogP contribution in [0.25, 0.3) is 21.6 Å². The van der Waals surface area contributed by atoms with Gasteiger partial charge in [0.25, 0.3) is 11.8 Å². The smallest absolute Gasteiger partial charge is 0.268 e. The predicted octanol–water partition coefficient (Wildman–Crippen LogP) is 6.04. The lowest BCUT2D eigenvalue weighted by molar-refractivity contribution is -0.127. The van der Waals surface area contributed by atoms with Crippen LogP contribution < -0.4 is 10.6 Å². The molecule has 0 spiro atoms. The average molecular weight is 625 g/mol. The second kappa shape index (κ2) is 13.7. The molecular weight excluding hydrogens is 584 g/mol. The van der Waals surface area contributed by atoms with Crippen LogP contribution in [0, 0.1) is 22.7 Å². The van der Waals surface area contributed by atoms with Crippen LogP contribution in [0.2, 0.25) is 0 Å². The first-order valence-electron chi connectivity index (χ1n) is 15.4. The van der Waals surface area contributed by atoms with E-state index in [1.54, 1.807) is 23.2 Å². The van der Waals surface area contributed by atoms with Crippen molar-refractivity contribution in [1.29, 1.82) is 5.26 Å². The van der Waals surface area contributed by atoms with Gasteiger partial charge in [0.15, 0.2) is 0 Å². The van der Waals surface area contributed by atoms with E-state index in [9.17, 15) is 14.9 Å².